The molecule has 1 amide bonds. The van der Waals surface area contributed by atoms with Crippen LogP contribution in [0.2, 0.25) is 0 Å². The van der Waals surface area contributed by atoms with Gasteiger partial charge in [-0.15, -0.1) is 0 Å². The second-order valence-electron chi connectivity index (χ2n) is 6.62. The zero-order valence-electron chi connectivity index (χ0n) is 15.8. The summed E-state index contributed by atoms with van der Waals surface area (Å²) in [5.74, 6) is -3.61. The van der Waals surface area contributed by atoms with Crippen LogP contribution in [-0.4, -0.2) is 31.6 Å². The Morgan fingerprint density at radius 1 is 1.23 bits per heavy atom. The molecule has 0 fully saturated rings. The van der Waals surface area contributed by atoms with E-state index in [1.807, 2.05) is 0 Å². The number of halogens is 2. The van der Waals surface area contributed by atoms with Crippen LogP contribution in [0.25, 0.3) is 11.4 Å². The van der Waals surface area contributed by atoms with Gasteiger partial charge < -0.3 is 10.1 Å². The minimum absolute atomic E-state index is 0.0405. The van der Waals surface area contributed by atoms with Crippen molar-refractivity contribution in [2.75, 3.05) is 5.32 Å². The number of hydrogen-bond acceptors (Lipinski definition) is 6. The molecule has 2 aromatic carbocycles. The van der Waals surface area contributed by atoms with E-state index in [0.717, 1.165) is 0 Å². The summed E-state index contributed by atoms with van der Waals surface area (Å²) in [6.45, 7) is 3.10. The third kappa shape index (κ3) is 4.98. The highest BCUT2D eigenvalue weighted by Crippen LogP contribution is 2.25. The summed E-state index contributed by atoms with van der Waals surface area (Å²) in [5.41, 5.74) is -0.446. The number of H-pyrrole nitrogens is 1. The standard InChI is InChI=1S/C19H17F2N3O5S/c1-19(2,16(25)22-12-6-8-14(9-7-12)30(27)17(20)21)28-13-5-3-4-11(10-13)15-23-18(26)29-24-15/h3-10,17H,1-2H3,(H,22,25)(H,23,24,26). The number of ether oxygens (including phenoxy) is 1. The molecule has 1 unspecified atom stereocenters. The fourth-order valence-electron chi connectivity index (χ4n) is 2.46. The molecular weight excluding hydrogens is 420 g/mol. The van der Waals surface area contributed by atoms with Crippen LogP contribution in [0.5, 0.6) is 5.75 Å². The maximum absolute atomic E-state index is 12.6. The van der Waals surface area contributed by atoms with Crippen molar-refractivity contribution in [1.29, 1.82) is 0 Å². The van der Waals surface area contributed by atoms with Crippen LogP contribution in [0, 0.1) is 0 Å². The Labute approximate surface area is 171 Å². The third-order valence-corrected chi connectivity index (χ3v) is 5.03. The molecule has 0 saturated heterocycles. The lowest BCUT2D eigenvalue weighted by molar-refractivity contribution is -0.128. The molecule has 11 heteroatoms. The lowest BCUT2D eigenvalue weighted by Gasteiger charge is -2.25. The number of nitrogens with zero attached hydrogens (tertiary/aromatic N) is 1. The number of nitrogens with one attached hydrogen (secondary N) is 2. The van der Waals surface area contributed by atoms with E-state index in [9.17, 15) is 22.6 Å². The number of amides is 1. The highest BCUT2D eigenvalue weighted by atomic mass is 32.2. The van der Waals surface area contributed by atoms with E-state index < -0.39 is 33.8 Å². The fourth-order valence-corrected chi connectivity index (χ4v) is 3.07. The number of carbonyl (C=O) groups excluding carboxylic acids is 1. The second kappa shape index (κ2) is 8.57. The molecular formula is C19H17F2N3O5S. The highest BCUT2D eigenvalue weighted by molar-refractivity contribution is 7.85. The maximum Gasteiger partial charge on any atom is 0.439 e. The Hall–Kier alpha value is -3.34. The topological polar surface area (TPSA) is 114 Å². The van der Waals surface area contributed by atoms with Crippen LogP contribution in [0.4, 0.5) is 14.5 Å². The molecule has 3 aromatic rings. The number of aromatic amines is 1. The van der Waals surface area contributed by atoms with Gasteiger partial charge in [0.05, 0.1) is 0 Å². The van der Waals surface area contributed by atoms with Gasteiger partial charge in [-0.2, -0.15) is 8.78 Å². The van der Waals surface area contributed by atoms with E-state index in [0.29, 0.717) is 17.0 Å². The first-order valence-corrected chi connectivity index (χ1v) is 9.83. The first-order valence-electron chi connectivity index (χ1n) is 8.61. The van der Waals surface area contributed by atoms with Crippen LogP contribution in [-0.2, 0) is 15.6 Å². The second-order valence-corrected chi connectivity index (χ2v) is 8.04. The summed E-state index contributed by atoms with van der Waals surface area (Å²) in [6, 6.07) is 11.8. The molecule has 1 aromatic heterocycles. The van der Waals surface area contributed by atoms with Crippen molar-refractivity contribution in [3.8, 4) is 17.1 Å². The van der Waals surface area contributed by atoms with Crippen molar-refractivity contribution in [3.63, 3.8) is 0 Å². The predicted octanol–water partition coefficient (Wildman–Crippen LogP) is 3.16. The summed E-state index contributed by atoms with van der Waals surface area (Å²) < 4.78 is 46.7. The molecule has 0 bridgehead atoms. The van der Waals surface area contributed by atoms with Gasteiger partial charge in [-0.05, 0) is 50.2 Å². The summed E-state index contributed by atoms with van der Waals surface area (Å²) >= 11 is 0. The van der Waals surface area contributed by atoms with Gasteiger partial charge in [-0.1, -0.05) is 17.3 Å². The minimum atomic E-state index is -2.98. The average molecular weight is 437 g/mol. The van der Waals surface area contributed by atoms with Gasteiger partial charge in [0.25, 0.3) is 5.91 Å². The summed E-state index contributed by atoms with van der Waals surface area (Å²) in [4.78, 5) is 26.1. The first-order chi connectivity index (χ1) is 14.2. The fraction of sp³-hybridized carbons (Fsp3) is 0.211. The van der Waals surface area contributed by atoms with Gasteiger partial charge in [-0.25, -0.2) is 9.00 Å². The molecule has 0 aliphatic heterocycles. The minimum Gasteiger partial charge on any atom is -0.478 e. The number of aromatic nitrogens is 2. The van der Waals surface area contributed by atoms with Crippen molar-refractivity contribution in [1.82, 2.24) is 10.1 Å². The van der Waals surface area contributed by atoms with Crippen LogP contribution >= 0.6 is 0 Å². The Kier molecular flexibility index (Phi) is 6.11. The van der Waals surface area contributed by atoms with Crippen molar-refractivity contribution >= 4 is 22.4 Å². The van der Waals surface area contributed by atoms with E-state index in [2.05, 4.69) is 20.0 Å². The predicted molar refractivity (Wildman–Crippen MR) is 105 cm³/mol. The zero-order chi connectivity index (χ0) is 21.9. The van der Waals surface area contributed by atoms with Crippen molar-refractivity contribution in [3.05, 3.63) is 59.1 Å². The Balaban J connectivity index is 1.70. The summed E-state index contributed by atoms with van der Waals surface area (Å²) in [5, 5.41) is 6.22. The third-order valence-electron chi connectivity index (χ3n) is 3.97. The quantitative estimate of drug-likeness (QED) is 0.587. The molecule has 1 heterocycles. The summed E-state index contributed by atoms with van der Waals surface area (Å²) in [6.07, 6.45) is 0. The smallest absolute Gasteiger partial charge is 0.439 e. The lowest BCUT2D eigenvalue weighted by atomic mass is 10.1. The molecule has 2 N–H and O–H groups in total. The van der Waals surface area contributed by atoms with Crippen LogP contribution in [0.1, 0.15) is 13.8 Å². The number of rotatable bonds is 7. The van der Waals surface area contributed by atoms with Crippen molar-refractivity contribution in [2.45, 2.75) is 30.1 Å². The van der Waals surface area contributed by atoms with Crippen molar-refractivity contribution < 1.29 is 27.0 Å². The maximum atomic E-state index is 12.6. The molecule has 8 nitrogen and oxygen atoms in total. The van der Waals surface area contributed by atoms with Crippen LogP contribution in [0.3, 0.4) is 0 Å². The molecule has 0 aliphatic carbocycles. The molecule has 158 valence electrons. The van der Waals surface area contributed by atoms with Gasteiger partial charge in [0.2, 0.25) is 0 Å². The molecule has 1 atom stereocenters. The molecule has 0 spiro atoms. The number of hydrogen-bond donors (Lipinski definition) is 2. The number of benzene rings is 2. The molecule has 30 heavy (non-hydrogen) atoms. The largest absolute Gasteiger partial charge is 0.478 e. The van der Waals surface area contributed by atoms with E-state index in [1.165, 1.54) is 24.3 Å². The zero-order valence-corrected chi connectivity index (χ0v) is 16.7. The van der Waals surface area contributed by atoms with Crippen LogP contribution < -0.4 is 15.8 Å². The average Bonchev–Trinajstić information content (AvgIpc) is 3.14. The van der Waals surface area contributed by atoms with Crippen LogP contribution in [0.15, 0.2) is 62.7 Å². The summed E-state index contributed by atoms with van der Waals surface area (Å²) in [7, 11) is -2.42. The Morgan fingerprint density at radius 3 is 2.53 bits per heavy atom. The Morgan fingerprint density at radius 2 is 1.93 bits per heavy atom. The molecule has 3 rings (SSSR count). The SMILES string of the molecule is CC(C)(Oc1cccc(-c2noc(=O)[nH]2)c1)C(=O)Nc1ccc(S(=O)C(F)F)cc1. The first kappa shape index (κ1) is 21.4. The van der Waals surface area contributed by atoms with Gasteiger partial charge in [0, 0.05) is 16.1 Å². The molecule has 0 saturated carbocycles. The molecule has 0 aliphatic rings. The number of alkyl halides is 2. The Bertz CT molecular complexity index is 1130. The number of anilines is 1. The van der Waals surface area contributed by atoms with Gasteiger partial charge >= 0.3 is 11.5 Å². The van der Waals surface area contributed by atoms with Gasteiger partial charge in [0.15, 0.2) is 11.4 Å². The van der Waals surface area contributed by atoms with E-state index >= 15 is 0 Å². The monoisotopic (exact) mass is 437 g/mol. The lowest BCUT2D eigenvalue weighted by Crippen LogP contribution is -2.42. The highest BCUT2D eigenvalue weighted by Gasteiger charge is 2.30. The van der Waals surface area contributed by atoms with Gasteiger partial charge in [-0.3, -0.25) is 14.3 Å². The normalized spacial score (nSPS) is 12.6. The van der Waals surface area contributed by atoms with E-state index in [4.69, 9.17) is 4.74 Å². The van der Waals surface area contributed by atoms with E-state index in [1.54, 1.807) is 38.1 Å². The number of carbonyl (C=O) groups is 1. The van der Waals surface area contributed by atoms with E-state index in [-0.39, 0.29) is 10.7 Å². The van der Waals surface area contributed by atoms with Gasteiger partial charge in [0.1, 0.15) is 16.5 Å². The molecule has 0 radical (unpaired) electrons. The van der Waals surface area contributed by atoms with Crippen molar-refractivity contribution in [2.24, 2.45) is 0 Å².